The summed E-state index contributed by atoms with van der Waals surface area (Å²) < 4.78 is 12.0. The molecule has 14 rings (SSSR count). The lowest BCUT2D eigenvalue weighted by atomic mass is 9.62. The third-order valence-electron chi connectivity index (χ3n) is 14.1. The van der Waals surface area contributed by atoms with Crippen LogP contribution in [-0.4, -0.2) is 4.57 Å². The van der Waals surface area contributed by atoms with Crippen molar-refractivity contribution in [2.45, 2.75) is 5.41 Å². The third-order valence-corrected chi connectivity index (χ3v) is 15.2. The van der Waals surface area contributed by atoms with Crippen molar-refractivity contribution in [2.75, 3.05) is 4.90 Å². The summed E-state index contributed by atoms with van der Waals surface area (Å²) in [5, 5.41) is 9.77. The van der Waals surface area contributed by atoms with Crippen LogP contribution in [0.25, 0.3) is 69.2 Å². The maximum atomic E-state index is 6.99. The average Bonchev–Trinajstić information content (AvgIpc) is 3.93. The fraction of sp³-hybridized carbons (Fsp3) is 0.0159. The molecular weight excluding hydrogens is 833 g/mol. The smallest absolute Gasteiger partial charge is 0.132 e. The Hall–Kier alpha value is -8.44. The highest BCUT2D eigenvalue weighted by molar-refractivity contribution is 7.25. The van der Waals surface area contributed by atoms with Crippen molar-refractivity contribution in [3.8, 4) is 17.2 Å². The van der Waals surface area contributed by atoms with Crippen LogP contribution in [0.15, 0.2) is 243 Å². The van der Waals surface area contributed by atoms with Gasteiger partial charge in [-0.3, -0.25) is 0 Å². The van der Waals surface area contributed by atoms with E-state index in [1.807, 2.05) is 11.3 Å². The number of rotatable bonds is 6. The number of benzene rings is 11. The molecule has 314 valence electrons. The van der Waals surface area contributed by atoms with Crippen LogP contribution in [0, 0.1) is 0 Å². The van der Waals surface area contributed by atoms with E-state index >= 15 is 0 Å². The van der Waals surface area contributed by atoms with E-state index in [1.54, 1.807) is 0 Å². The van der Waals surface area contributed by atoms with Crippen molar-refractivity contribution < 1.29 is 4.74 Å². The van der Waals surface area contributed by atoms with E-state index in [9.17, 15) is 0 Å². The molecule has 1 unspecified atom stereocenters. The number of hydrogen-bond acceptors (Lipinski definition) is 3. The first-order valence-corrected chi connectivity index (χ1v) is 23.7. The second kappa shape index (κ2) is 14.8. The Labute approximate surface area is 391 Å². The molecule has 0 bridgehead atoms. The SMILES string of the molecule is c1ccc(C2(c3cccc4ccccc34)c3ccccc3Oc3ccc(N(c4ccc5c6ccccc6n(-c6ccc7sc8ccccc8c7c6)c5c4)c4cccc5ccccc45)cc32)cc1. The Balaban J connectivity index is 1.06. The number of para-hydroxylation sites is 2. The van der Waals surface area contributed by atoms with E-state index in [2.05, 4.69) is 252 Å². The average molecular weight is 873 g/mol. The zero-order valence-corrected chi connectivity index (χ0v) is 37.1. The molecule has 2 aromatic heterocycles. The van der Waals surface area contributed by atoms with Crippen LogP contribution in [0.5, 0.6) is 11.5 Å². The second-order valence-electron chi connectivity index (χ2n) is 17.6. The van der Waals surface area contributed by atoms with E-state index in [0.29, 0.717) is 0 Å². The topological polar surface area (TPSA) is 17.4 Å². The monoisotopic (exact) mass is 872 g/mol. The van der Waals surface area contributed by atoms with Gasteiger partial charge in [0.15, 0.2) is 0 Å². The molecule has 1 aliphatic rings. The predicted molar refractivity (Wildman–Crippen MR) is 282 cm³/mol. The lowest BCUT2D eigenvalue weighted by molar-refractivity contribution is 0.435. The van der Waals surface area contributed by atoms with Gasteiger partial charge in [0.2, 0.25) is 0 Å². The summed E-state index contributed by atoms with van der Waals surface area (Å²) in [6, 6.07) is 88.9. The number of anilines is 3. The number of fused-ring (bicyclic) bond motifs is 10. The van der Waals surface area contributed by atoms with Gasteiger partial charge < -0.3 is 14.2 Å². The summed E-state index contributed by atoms with van der Waals surface area (Å²) in [4.78, 5) is 2.46. The Kier molecular flexibility index (Phi) is 8.37. The van der Waals surface area contributed by atoms with Gasteiger partial charge in [-0.1, -0.05) is 170 Å². The molecule has 0 saturated carbocycles. The summed E-state index contributed by atoms with van der Waals surface area (Å²) >= 11 is 1.86. The molecule has 0 aliphatic carbocycles. The van der Waals surface area contributed by atoms with Gasteiger partial charge in [-0.2, -0.15) is 0 Å². The minimum absolute atomic E-state index is 0.729. The summed E-state index contributed by atoms with van der Waals surface area (Å²) in [6.07, 6.45) is 0. The highest BCUT2D eigenvalue weighted by Crippen LogP contribution is 2.58. The molecule has 0 N–H and O–H groups in total. The predicted octanol–water partition coefficient (Wildman–Crippen LogP) is 17.4. The van der Waals surface area contributed by atoms with Crippen molar-refractivity contribution in [1.29, 1.82) is 0 Å². The zero-order valence-electron chi connectivity index (χ0n) is 36.3. The zero-order chi connectivity index (χ0) is 44.1. The lowest BCUT2D eigenvalue weighted by Crippen LogP contribution is -2.34. The molecular formula is C63H40N2OS. The molecule has 0 saturated heterocycles. The van der Waals surface area contributed by atoms with Gasteiger partial charge in [0, 0.05) is 64.5 Å². The van der Waals surface area contributed by atoms with Crippen LogP contribution >= 0.6 is 11.3 Å². The molecule has 3 nitrogen and oxygen atoms in total. The van der Waals surface area contributed by atoms with Crippen LogP contribution in [0.4, 0.5) is 17.1 Å². The standard InChI is InChI=1S/C63H40N2OS/c1-2-20-43(21-3-1)63(53-27-14-18-41-16-4-6-22-47(41)53)54-26-10-12-30-59(54)66-60-36-33-45(39-55(60)63)64(56-29-15-19-42-17-5-7-23-48(42)56)46-32-35-50-49-24-8-11-28-57(49)65(58(50)40-46)44-34-37-62-52(38-44)51-25-9-13-31-61(51)67-62/h1-40H. The van der Waals surface area contributed by atoms with Crippen LogP contribution in [0.3, 0.4) is 0 Å². The number of ether oxygens (including phenoxy) is 1. The first-order chi connectivity index (χ1) is 33.2. The van der Waals surface area contributed by atoms with Gasteiger partial charge in [-0.15, -0.1) is 11.3 Å². The van der Waals surface area contributed by atoms with Crippen LogP contribution in [0.1, 0.15) is 22.3 Å². The maximum Gasteiger partial charge on any atom is 0.132 e. The quantitative estimate of drug-likeness (QED) is 0.166. The molecule has 0 radical (unpaired) electrons. The van der Waals surface area contributed by atoms with Crippen molar-refractivity contribution >= 4 is 91.9 Å². The largest absolute Gasteiger partial charge is 0.457 e. The Bertz CT molecular complexity index is 4100. The maximum absolute atomic E-state index is 6.99. The van der Waals surface area contributed by atoms with Crippen LogP contribution in [0.2, 0.25) is 0 Å². The van der Waals surface area contributed by atoms with E-state index in [1.165, 1.54) is 69.1 Å². The molecule has 4 heteroatoms. The Morgan fingerprint density at radius 1 is 0.373 bits per heavy atom. The highest BCUT2D eigenvalue weighted by Gasteiger charge is 2.46. The van der Waals surface area contributed by atoms with E-state index in [-0.39, 0.29) is 0 Å². The molecule has 3 heterocycles. The first kappa shape index (κ1) is 37.9. The summed E-state index contributed by atoms with van der Waals surface area (Å²) in [5.74, 6) is 1.70. The van der Waals surface area contributed by atoms with E-state index in [0.717, 1.165) is 50.9 Å². The van der Waals surface area contributed by atoms with Gasteiger partial charge in [-0.05, 0) is 100 Å². The molecule has 1 aliphatic heterocycles. The van der Waals surface area contributed by atoms with Crippen molar-refractivity contribution in [2.24, 2.45) is 0 Å². The normalized spacial score (nSPS) is 14.4. The first-order valence-electron chi connectivity index (χ1n) is 22.9. The summed E-state index contributed by atoms with van der Waals surface area (Å²) in [6.45, 7) is 0. The van der Waals surface area contributed by atoms with Gasteiger partial charge in [0.1, 0.15) is 11.5 Å². The van der Waals surface area contributed by atoms with Gasteiger partial charge in [-0.25, -0.2) is 0 Å². The Morgan fingerprint density at radius 3 is 1.87 bits per heavy atom. The number of hydrogen-bond donors (Lipinski definition) is 0. The minimum atomic E-state index is -0.729. The molecule has 67 heavy (non-hydrogen) atoms. The van der Waals surface area contributed by atoms with Crippen molar-refractivity contribution in [1.82, 2.24) is 4.57 Å². The third kappa shape index (κ3) is 5.64. The van der Waals surface area contributed by atoms with E-state index in [4.69, 9.17) is 4.74 Å². The number of aromatic nitrogens is 1. The molecule has 0 spiro atoms. The van der Waals surface area contributed by atoms with Crippen LogP contribution < -0.4 is 9.64 Å². The van der Waals surface area contributed by atoms with Crippen molar-refractivity contribution in [3.05, 3.63) is 265 Å². The fourth-order valence-electron chi connectivity index (χ4n) is 11.2. The van der Waals surface area contributed by atoms with Crippen molar-refractivity contribution in [3.63, 3.8) is 0 Å². The fourth-order valence-corrected chi connectivity index (χ4v) is 12.3. The van der Waals surface area contributed by atoms with Gasteiger partial charge in [0.05, 0.1) is 22.1 Å². The van der Waals surface area contributed by atoms with Gasteiger partial charge in [0.25, 0.3) is 0 Å². The second-order valence-corrected chi connectivity index (χ2v) is 18.7. The molecule has 0 amide bonds. The molecule has 1 atom stereocenters. The molecule has 11 aromatic carbocycles. The summed E-state index contributed by atoms with van der Waals surface area (Å²) in [7, 11) is 0. The van der Waals surface area contributed by atoms with Gasteiger partial charge >= 0.3 is 0 Å². The molecule has 13 aromatic rings. The minimum Gasteiger partial charge on any atom is -0.457 e. The number of nitrogens with zero attached hydrogens (tertiary/aromatic N) is 2. The lowest BCUT2D eigenvalue weighted by Gasteiger charge is -2.42. The molecule has 0 fully saturated rings. The summed E-state index contributed by atoms with van der Waals surface area (Å²) in [5.41, 5.74) is 10.5. The van der Waals surface area contributed by atoms with E-state index < -0.39 is 5.41 Å². The number of thiophene rings is 1. The Morgan fingerprint density at radius 2 is 0.985 bits per heavy atom. The highest BCUT2D eigenvalue weighted by atomic mass is 32.1. The van der Waals surface area contributed by atoms with Crippen LogP contribution in [-0.2, 0) is 5.41 Å².